The molecule has 0 atom stereocenters. The molecule has 0 saturated carbocycles. The van der Waals surface area contributed by atoms with Crippen LogP contribution in [0.25, 0.3) is 12.7 Å². The Bertz CT molecular complexity index is 593. The minimum absolute atomic E-state index is 0.864. The third-order valence-corrected chi connectivity index (χ3v) is 4.02. The summed E-state index contributed by atoms with van der Waals surface area (Å²) in [5.74, 6) is 0. The molecular formula is C11H12N2S2. The van der Waals surface area contributed by atoms with E-state index in [1.165, 1.54) is 4.88 Å². The Morgan fingerprint density at radius 1 is 1.07 bits per heavy atom. The number of thiazole rings is 2. The topological polar surface area (TPSA) is 25.8 Å². The normalized spacial score (nSPS) is 12.3. The molecule has 2 heterocycles. The number of nitrogens with zero attached hydrogens (tertiary/aromatic N) is 2. The number of rotatable bonds is 1. The van der Waals surface area contributed by atoms with Crippen LogP contribution >= 0.6 is 22.7 Å². The maximum absolute atomic E-state index is 4.39. The first-order valence-electron chi connectivity index (χ1n) is 4.64. The zero-order chi connectivity index (χ0) is 11.0. The molecule has 2 aromatic heterocycles. The second-order valence-corrected chi connectivity index (χ2v) is 5.84. The fourth-order valence-corrected chi connectivity index (χ4v) is 3.16. The summed E-state index contributed by atoms with van der Waals surface area (Å²) in [6, 6.07) is 0. The first kappa shape index (κ1) is 10.5. The summed E-state index contributed by atoms with van der Waals surface area (Å²) >= 11 is 3.39. The predicted molar refractivity (Wildman–Crippen MR) is 66.8 cm³/mol. The average Bonchev–Trinajstić information content (AvgIpc) is 2.58. The maximum atomic E-state index is 4.39. The highest BCUT2D eigenvalue weighted by molar-refractivity contribution is 7.13. The molecule has 15 heavy (non-hydrogen) atoms. The Balaban J connectivity index is 2.60. The van der Waals surface area contributed by atoms with Gasteiger partial charge in [-0.05, 0) is 26.8 Å². The lowest BCUT2D eigenvalue weighted by Crippen LogP contribution is -2.18. The van der Waals surface area contributed by atoms with Gasteiger partial charge in [-0.1, -0.05) is 6.58 Å². The van der Waals surface area contributed by atoms with Crippen LogP contribution in [0.15, 0.2) is 0 Å². The molecule has 0 amide bonds. The SMILES string of the molecule is C=c1nc(C)s/c1=C/c1sc(C)nc1C. The molecule has 0 spiro atoms. The first-order valence-corrected chi connectivity index (χ1v) is 6.27. The molecule has 2 aromatic rings. The number of aromatic nitrogens is 2. The van der Waals surface area contributed by atoms with E-state index in [0.29, 0.717) is 0 Å². The zero-order valence-corrected chi connectivity index (χ0v) is 10.6. The van der Waals surface area contributed by atoms with Gasteiger partial charge in [0.05, 0.1) is 30.5 Å². The third kappa shape index (κ3) is 2.16. The molecule has 0 aromatic carbocycles. The average molecular weight is 236 g/mol. The fourth-order valence-electron chi connectivity index (χ4n) is 1.40. The van der Waals surface area contributed by atoms with E-state index in [4.69, 9.17) is 0 Å². The molecule has 0 aliphatic rings. The van der Waals surface area contributed by atoms with Gasteiger partial charge < -0.3 is 0 Å². The van der Waals surface area contributed by atoms with Crippen LogP contribution in [0.1, 0.15) is 20.6 Å². The molecule has 78 valence electrons. The van der Waals surface area contributed by atoms with Gasteiger partial charge in [0.15, 0.2) is 0 Å². The molecule has 2 rings (SSSR count). The van der Waals surface area contributed by atoms with Crippen LogP contribution in [-0.4, -0.2) is 9.97 Å². The van der Waals surface area contributed by atoms with Crippen molar-refractivity contribution in [3.05, 3.63) is 30.5 Å². The Morgan fingerprint density at radius 2 is 1.73 bits per heavy atom. The lowest BCUT2D eigenvalue weighted by atomic mass is 10.4. The van der Waals surface area contributed by atoms with E-state index in [0.717, 1.165) is 25.6 Å². The number of aryl methyl sites for hydroxylation is 3. The van der Waals surface area contributed by atoms with Crippen LogP contribution in [0.2, 0.25) is 0 Å². The first-order chi connectivity index (χ1) is 7.06. The van der Waals surface area contributed by atoms with Gasteiger partial charge in [0, 0.05) is 0 Å². The Morgan fingerprint density at radius 3 is 2.20 bits per heavy atom. The monoisotopic (exact) mass is 236 g/mol. The molecular weight excluding hydrogens is 224 g/mol. The van der Waals surface area contributed by atoms with Crippen molar-refractivity contribution < 1.29 is 0 Å². The summed E-state index contributed by atoms with van der Waals surface area (Å²) in [5, 5.41) is 3.03. The van der Waals surface area contributed by atoms with Crippen LogP contribution in [0.4, 0.5) is 0 Å². The van der Waals surface area contributed by atoms with Crippen molar-refractivity contribution in [1.82, 2.24) is 9.97 Å². The van der Waals surface area contributed by atoms with Gasteiger partial charge in [0.2, 0.25) is 0 Å². The standard InChI is InChI=1S/C11H12N2S2/c1-6-10(14-8(3)12-6)5-11-7(2)13-9(4)15-11/h5H,1H2,2-4H3/b10-5+. The Hall–Kier alpha value is -1.00. The van der Waals surface area contributed by atoms with Crippen molar-refractivity contribution in [3.8, 4) is 0 Å². The van der Waals surface area contributed by atoms with Crippen LogP contribution in [0, 0.1) is 20.8 Å². The highest BCUT2D eigenvalue weighted by Crippen LogP contribution is 2.17. The highest BCUT2D eigenvalue weighted by atomic mass is 32.1. The predicted octanol–water partition coefficient (Wildman–Crippen LogP) is 1.76. The highest BCUT2D eigenvalue weighted by Gasteiger charge is 2.02. The number of hydrogen-bond acceptors (Lipinski definition) is 4. The van der Waals surface area contributed by atoms with Gasteiger partial charge in [-0.15, -0.1) is 22.7 Å². The minimum Gasteiger partial charge on any atom is -0.246 e. The van der Waals surface area contributed by atoms with E-state index >= 15 is 0 Å². The fraction of sp³-hybridized carbons (Fsp3) is 0.273. The maximum Gasteiger partial charge on any atom is 0.0907 e. The van der Waals surface area contributed by atoms with Gasteiger partial charge in [0.1, 0.15) is 0 Å². The van der Waals surface area contributed by atoms with Crippen molar-refractivity contribution in [2.24, 2.45) is 0 Å². The number of hydrogen-bond donors (Lipinski definition) is 0. The van der Waals surface area contributed by atoms with Crippen molar-refractivity contribution in [2.75, 3.05) is 0 Å². The minimum atomic E-state index is 0.864. The van der Waals surface area contributed by atoms with E-state index in [-0.39, 0.29) is 0 Å². The largest absolute Gasteiger partial charge is 0.246 e. The van der Waals surface area contributed by atoms with Crippen LogP contribution in [-0.2, 0) is 0 Å². The molecule has 0 N–H and O–H groups in total. The summed E-state index contributed by atoms with van der Waals surface area (Å²) in [4.78, 5) is 9.91. The molecule has 4 heteroatoms. The molecule has 0 unspecified atom stereocenters. The molecule has 0 bridgehead atoms. The van der Waals surface area contributed by atoms with Gasteiger partial charge in [0.25, 0.3) is 0 Å². The van der Waals surface area contributed by atoms with Crippen molar-refractivity contribution in [3.63, 3.8) is 0 Å². The quantitative estimate of drug-likeness (QED) is 0.754. The van der Waals surface area contributed by atoms with E-state index < -0.39 is 0 Å². The van der Waals surface area contributed by atoms with Gasteiger partial charge in [-0.25, -0.2) is 9.97 Å². The van der Waals surface area contributed by atoms with Crippen LogP contribution < -0.4 is 9.88 Å². The van der Waals surface area contributed by atoms with E-state index in [1.807, 2.05) is 20.8 Å². The van der Waals surface area contributed by atoms with Gasteiger partial charge in [-0.3, -0.25) is 0 Å². The molecule has 0 fully saturated rings. The smallest absolute Gasteiger partial charge is 0.0907 e. The molecule has 2 nitrogen and oxygen atoms in total. The van der Waals surface area contributed by atoms with Gasteiger partial charge in [-0.2, -0.15) is 0 Å². The second kappa shape index (κ2) is 3.87. The third-order valence-electron chi connectivity index (χ3n) is 2.04. The lowest BCUT2D eigenvalue weighted by molar-refractivity contribution is 1.19. The summed E-state index contributed by atoms with van der Waals surface area (Å²) in [5.41, 5.74) is 1.09. The van der Waals surface area contributed by atoms with Crippen molar-refractivity contribution in [1.29, 1.82) is 0 Å². The van der Waals surface area contributed by atoms with Crippen molar-refractivity contribution >= 4 is 35.3 Å². The molecule has 0 radical (unpaired) electrons. The second-order valence-electron chi connectivity index (χ2n) is 3.37. The van der Waals surface area contributed by atoms with Gasteiger partial charge >= 0.3 is 0 Å². The molecule has 0 aliphatic heterocycles. The Kier molecular flexibility index (Phi) is 2.71. The van der Waals surface area contributed by atoms with E-state index in [2.05, 4.69) is 22.6 Å². The van der Waals surface area contributed by atoms with Crippen molar-refractivity contribution in [2.45, 2.75) is 20.8 Å². The van der Waals surface area contributed by atoms with E-state index in [1.54, 1.807) is 22.7 Å². The zero-order valence-electron chi connectivity index (χ0n) is 9.00. The van der Waals surface area contributed by atoms with Crippen LogP contribution in [0.3, 0.4) is 0 Å². The summed E-state index contributed by atoms with van der Waals surface area (Å²) in [6.07, 6.45) is 2.13. The lowest BCUT2D eigenvalue weighted by Gasteiger charge is -1.84. The summed E-state index contributed by atoms with van der Waals surface area (Å²) in [7, 11) is 0. The molecule has 0 aliphatic carbocycles. The van der Waals surface area contributed by atoms with E-state index in [9.17, 15) is 0 Å². The van der Waals surface area contributed by atoms with Crippen LogP contribution in [0.5, 0.6) is 0 Å². The summed E-state index contributed by atoms with van der Waals surface area (Å²) in [6.45, 7) is 9.99. The molecule has 0 saturated heterocycles. The Labute approximate surface area is 96.7 Å². The summed E-state index contributed by atoms with van der Waals surface area (Å²) < 4.78 is 1.14.